The van der Waals surface area contributed by atoms with Crippen LogP contribution < -0.4 is 15.4 Å². The molecule has 0 bridgehead atoms. The number of alkyl halides is 2. The Labute approximate surface area is 188 Å². The van der Waals surface area contributed by atoms with Crippen molar-refractivity contribution in [1.29, 1.82) is 0 Å². The number of nitrogens with zero attached hydrogens (tertiary/aromatic N) is 1. The van der Waals surface area contributed by atoms with Gasteiger partial charge in [-0.25, -0.2) is 0 Å². The van der Waals surface area contributed by atoms with E-state index in [2.05, 4.69) is 32.5 Å². The normalized spacial score (nSPS) is 12.6. The van der Waals surface area contributed by atoms with E-state index in [0.29, 0.717) is 31.3 Å². The second kappa shape index (κ2) is 15.2. The van der Waals surface area contributed by atoms with E-state index in [4.69, 9.17) is 4.74 Å². The molecule has 8 heteroatoms. The van der Waals surface area contributed by atoms with Crippen LogP contribution in [-0.4, -0.2) is 50.5 Å². The van der Waals surface area contributed by atoms with E-state index >= 15 is 0 Å². The van der Waals surface area contributed by atoms with Gasteiger partial charge in [-0.3, -0.25) is 4.99 Å². The number of aliphatic hydroxyl groups is 1. The predicted octanol–water partition coefficient (Wildman–Crippen LogP) is 3.92. The fourth-order valence-corrected chi connectivity index (χ4v) is 2.97. The van der Waals surface area contributed by atoms with Crippen LogP contribution in [0.15, 0.2) is 59.6 Å². The zero-order chi connectivity index (χ0) is 23.0. The molecule has 0 amide bonds. The Morgan fingerprint density at radius 1 is 1.00 bits per heavy atom. The largest absolute Gasteiger partial charge is 0.435 e. The van der Waals surface area contributed by atoms with E-state index in [1.807, 2.05) is 25.1 Å². The van der Waals surface area contributed by atoms with Gasteiger partial charge < -0.3 is 25.2 Å². The first kappa shape index (κ1) is 25.5. The zero-order valence-corrected chi connectivity index (χ0v) is 18.5. The van der Waals surface area contributed by atoms with Crippen LogP contribution in [0.1, 0.15) is 37.0 Å². The van der Waals surface area contributed by atoms with Crippen molar-refractivity contribution in [2.45, 2.75) is 38.9 Å². The zero-order valence-electron chi connectivity index (χ0n) is 18.5. The predicted molar refractivity (Wildman–Crippen MR) is 122 cm³/mol. The van der Waals surface area contributed by atoms with Gasteiger partial charge >= 0.3 is 6.61 Å². The van der Waals surface area contributed by atoms with Crippen LogP contribution in [0.4, 0.5) is 8.78 Å². The number of hydrogen-bond acceptors (Lipinski definition) is 4. The molecule has 3 N–H and O–H groups in total. The minimum absolute atomic E-state index is 0.0542. The van der Waals surface area contributed by atoms with Gasteiger partial charge in [-0.1, -0.05) is 42.5 Å². The average molecular weight is 450 g/mol. The van der Waals surface area contributed by atoms with E-state index in [1.54, 1.807) is 12.1 Å². The Bertz CT molecular complexity index is 774. The third-order valence-corrected chi connectivity index (χ3v) is 4.64. The van der Waals surface area contributed by atoms with E-state index in [1.165, 1.54) is 17.7 Å². The summed E-state index contributed by atoms with van der Waals surface area (Å²) < 4.78 is 34.4. The molecule has 32 heavy (non-hydrogen) atoms. The van der Waals surface area contributed by atoms with Gasteiger partial charge in [-0.15, -0.1) is 0 Å². The van der Waals surface area contributed by atoms with Gasteiger partial charge in [-0.2, -0.15) is 8.78 Å². The summed E-state index contributed by atoms with van der Waals surface area (Å²) >= 11 is 0. The van der Waals surface area contributed by atoms with Crippen LogP contribution in [-0.2, 0) is 11.2 Å². The fourth-order valence-electron chi connectivity index (χ4n) is 2.97. The summed E-state index contributed by atoms with van der Waals surface area (Å²) in [5.41, 5.74) is 1.86. The van der Waals surface area contributed by atoms with Crippen LogP contribution in [0.25, 0.3) is 0 Å². The lowest BCUT2D eigenvalue weighted by Gasteiger charge is -2.14. The molecule has 0 fully saturated rings. The van der Waals surface area contributed by atoms with E-state index < -0.39 is 12.7 Å². The molecule has 176 valence electrons. The monoisotopic (exact) mass is 449 g/mol. The van der Waals surface area contributed by atoms with Crippen molar-refractivity contribution < 1.29 is 23.4 Å². The van der Waals surface area contributed by atoms with Crippen LogP contribution in [0, 0.1) is 0 Å². The number of nitrogens with one attached hydrogen (secondary N) is 2. The molecule has 2 rings (SSSR count). The number of aliphatic imine (C=N–C) groups is 1. The average Bonchev–Trinajstić information content (AvgIpc) is 2.79. The van der Waals surface area contributed by atoms with E-state index in [9.17, 15) is 13.9 Å². The molecule has 2 aromatic rings. The molecule has 2 aromatic carbocycles. The second-order valence-electron chi connectivity index (χ2n) is 7.16. The first-order valence-corrected chi connectivity index (χ1v) is 10.9. The maximum absolute atomic E-state index is 12.2. The quantitative estimate of drug-likeness (QED) is 0.232. The highest BCUT2D eigenvalue weighted by molar-refractivity contribution is 5.79. The maximum Gasteiger partial charge on any atom is 0.387 e. The number of rotatable bonds is 14. The Morgan fingerprint density at radius 2 is 1.75 bits per heavy atom. The Morgan fingerprint density at radius 3 is 2.44 bits per heavy atom. The number of guanidine groups is 1. The highest BCUT2D eigenvalue weighted by Gasteiger charge is 2.09. The number of aliphatic hydroxyl groups excluding tert-OH is 1. The summed E-state index contributed by atoms with van der Waals surface area (Å²) in [4.78, 5) is 4.40. The Hall–Kier alpha value is -2.71. The van der Waals surface area contributed by atoms with Gasteiger partial charge in [0, 0.05) is 19.7 Å². The van der Waals surface area contributed by atoms with Crippen LogP contribution in [0.2, 0.25) is 0 Å². The molecular formula is C24H33F2N3O3. The number of ether oxygens (including phenoxy) is 2. The Kier molecular flexibility index (Phi) is 12.1. The summed E-state index contributed by atoms with van der Waals surface area (Å²) in [6.07, 6.45) is 1.95. The summed E-state index contributed by atoms with van der Waals surface area (Å²) in [6.45, 7) is 2.11. The summed E-state index contributed by atoms with van der Waals surface area (Å²) in [5, 5.41) is 16.7. The molecule has 1 unspecified atom stereocenters. The van der Waals surface area contributed by atoms with Gasteiger partial charge in [0.1, 0.15) is 5.75 Å². The molecule has 0 aliphatic rings. The molecule has 6 nitrogen and oxygen atoms in total. The summed E-state index contributed by atoms with van der Waals surface area (Å²) in [5.74, 6) is 0.674. The van der Waals surface area contributed by atoms with Gasteiger partial charge in [0.05, 0.1) is 19.3 Å². The van der Waals surface area contributed by atoms with Crippen LogP contribution in [0.5, 0.6) is 5.75 Å². The van der Waals surface area contributed by atoms with Crippen molar-refractivity contribution in [1.82, 2.24) is 10.6 Å². The van der Waals surface area contributed by atoms with Crippen molar-refractivity contribution in [3.05, 3.63) is 65.7 Å². The first-order chi connectivity index (χ1) is 15.6. The minimum atomic E-state index is -2.87. The number of halogens is 2. The lowest BCUT2D eigenvalue weighted by atomic mass is 10.1. The second-order valence-corrected chi connectivity index (χ2v) is 7.16. The molecule has 0 spiro atoms. The topological polar surface area (TPSA) is 75.1 Å². The standard InChI is InChI=1S/C24H33F2N3O3/c1-2-27-24(28-15-6-7-16-31-17-14-19-8-4-3-5-9-19)29-18-22(30)20-10-12-21(13-11-20)32-23(25)26/h3-5,8-13,22-23,30H,2,6-7,14-18H2,1H3,(H2,27,28,29). The lowest BCUT2D eigenvalue weighted by Crippen LogP contribution is -2.38. The number of unbranched alkanes of at least 4 members (excludes halogenated alkanes) is 1. The highest BCUT2D eigenvalue weighted by atomic mass is 19.3. The number of benzene rings is 2. The van der Waals surface area contributed by atoms with Crippen molar-refractivity contribution in [2.24, 2.45) is 4.99 Å². The minimum Gasteiger partial charge on any atom is -0.435 e. The molecule has 0 saturated heterocycles. The van der Waals surface area contributed by atoms with Crippen molar-refractivity contribution >= 4 is 5.96 Å². The van der Waals surface area contributed by atoms with Gasteiger partial charge in [0.2, 0.25) is 0 Å². The van der Waals surface area contributed by atoms with Gasteiger partial charge in [0.25, 0.3) is 0 Å². The first-order valence-electron chi connectivity index (χ1n) is 10.9. The molecule has 0 aliphatic carbocycles. The fraction of sp³-hybridized carbons (Fsp3) is 0.458. The smallest absolute Gasteiger partial charge is 0.387 e. The highest BCUT2D eigenvalue weighted by Crippen LogP contribution is 2.19. The van der Waals surface area contributed by atoms with E-state index in [-0.39, 0.29) is 12.3 Å². The lowest BCUT2D eigenvalue weighted by molar-refractivity contribution is -0.0498. The molecule has 1 atom stereocenters. The third kappa shape index (κ3) is 10.5. The maximum atomic E-state index is 12.2. The Balaban J connectivity index is 1.64. The molecule has 0 heterocycles. The van der Waals surface area contributed by atoms with Crippen LogP contribution >= 0.6 is 0 Å². The number of hydrogen-bond donors (Lipinski definition) is 3. The molecule has 0 aliphatic heterocycles. The SMILES string of the molecule is CCNC(=NCC(O)c1ccc(OC(F)F)cc1)NCCCCOCCc1ccccc1. The molecular weight excluding hydrogens is 416 g/mol. The van der Waals surface area contributed by atoms with Crippen LogP contribution in [0.3, 0.4) is 0 Å². The molecule has 0 saturated carbocycles. The summed E-state index contributed by atoms with van der Waals surface area (Å²) in [6, 6.07) is 16.2. The summed E-state index contributed by atoms with van der Waals surface area (Å²) in [7, 11) is 0. The van der Waals surface area contributed by atoms with Crippen molar-refractivity contribution in [3.63, 3.8) is 0 Å². The van der Waals surface area contributed by atoms with Gasteiger partial charge in [-0.05, 0) is 49.4 Å². The van der Waals surface area contributed by atoms with Crippen molar-refractivity contribution in [2.75, 3.05) is 32.8 Å². The third-order valence-electron chi connectivity index (χ3n) is 4.64. The molecule has 0 radical (unpaired) electrons. The van der Waals surface area contributed by atoms with Crippen molar-refractivity contribution in [3.8, 4) is 5.75 Å². The molecule has 0 aromatic heterocycles. The van der Waals surface area contributed by atoms with E-state index in [0.717, 1.165) is 25.8 Å². The van der Waals surface area contributed by atoms with Gasteiger partial charge in [0.15, 0.2) is 5.96 Å².